The van der Waals surface area contributed by atoms with Crippen molar-refractivity contribution < 1.29 is 0 Å². The van der Waals surface area contributed by atoms with Gasteiger partial charge in [0.15, 0.2) is 0 Å². The van der Waals surface area contributed by atoms with E-state index in [9.17, 15) is 0 Å². The van der Waals surface area contributed by atoms with Crippen molar-refractivity contribution in [3.05, 3.63) is 35.4 Å². The van der Waals surface area contributed by atoms with Gasteiger partial charge in [0.25, 0.3) is 0 Å². The summed E-state index contributed by atoms with van der Waals surface area (Å²) in [4.78, 5) is 0. The molecule has 0 unspecified atom stereocenters. The van der Waals surface area contributed by atoms with Crippen molar-refractivity contribution in [2.75, 3.05) is 0 Å². The second-order valence-corrected chi connectivity index (χ2v) is 2.19. The van der Waals surface area contributed by atoms with E-state index in [0.717, 1.165) is 11.1 Å². The summed E-state index contributed by atoms with van der Waals surface area (Å²) in [6, 6.07) is 7.55. The molecule has 1 rings (SSSR count). The van der Waals surface area contributed by atoms with Crippen LogP contribution in [0, 0.1) is 0 Å². The summed E-state index contributed by atoms with van der Waals surface area (Å²) in [5.74, 6) is 10.0. The molecule has 0 aliphatic carbocycles. The van der Waals surface area contributed by atoms with Crippen molar-refractivity contribution in [3.63, 3.8) is 0 Å². The second-order valence-electron chi connectivity index (χ2n) is 2.19. The van der Waals surface area contributed by atoms with Gasteiger partial charge in [0.2, 0.25) is 0 Å². The third-order valence-corrected chi connectivity index (χ3v) is 1.42. The van der Waals surface area contributed by atoms with Crippen molar-refractivity contribution in [1.82, 2.24) is 0 Å². The summed E-state index contributed by atoms with van der Waals surface area (Å²) in [6.07, 6.45) is 3.11. The number of nitrogens with zero attached hydrogens (tertiary/aromatic N) is 2. The predicted octanol–water partition coefficient (Wildman–Crippen LogP) is 0.272. The minimum absolute atomic E-state index is 0.897. The van der Waals surface area contributed by atoms with Crippen LogP contribution in [-0.4, -0.2) is 12.4 Å². The summed E-state index contributed by atoms with van der Waals surface area (Å²) in [7, 11) is 0. The molecule has 4 nitrogen and oxygen atoms in total. The van der Waals surface area contributed by atoms with Gasteiger partial charge in [-0.1, -0.05) is 24.3 Å². The van der Waals surface area contributed by atoms with Crippen LogP contribution < -0.4 is 11.7 Å². The Morgan fingerprint density at radius 1 is 0.917 bits per heavy atom. The van der Waals surface area contributed by atoms with Crippen LogP contribution in [-0.2, 0) is 0 Å². The standard InChI is InChI=1S/C8H10N4/c9-11-5-7-3-1-2-4-8(7)6-12-10/h1-6H,9-10H2. The molecule has 0 heterocycles. The lowest BCUT2D eigenvalue weighted by Crippen LogP contribution is -1.94. The van der Waals surface area contributed by atoms with Crippen LogP contribution >= 0.6 is 0 Å². The van der Waals surface area contributed by atoms with Crippen LogP contribution in [0.2, 0.25) is 0 Å². The highest BCUT2D eigenvalue weighted by molar-refractivity contribution is 5.93. The van der Waals surface area contributed by atoms with Crippen LogP contribution in [0.25, 0.3) is 0 Å². The van der Waals surface area contributed by atoms with Gasteiger partial charge in [-0.25, -0.2) is 0 Å². The molecular weight excluding hydrogens is 152 g/mol. The van der Waals surface area contributed by atoms with E-state index >= 15 is 0 Å². The van der Waals surface area contributed by atoms with E-state index in [1.807, 2.05) is 24.3 Å². The number of hydrogen-bond acceptors (Lipinski definition) is 4. The first-order chi connectivity index (χ1) is 5.88. The van der Waals surface area contributed by atoms with Gasteiger partial charge in [-0.2, -0.15) is 10.2 Å². The van der Waals surface area contributed by atoms with Gasteiger partial charge in [0.1, 0.15) is 0 Å². The SMILES string of the molecule is NN=Cc1ccccc1C=NN. The first-order valence-corrected chi connectivity index (χ1v) is 3.44. The number of hydrogen-bond donors (Lipinski definition) is 2. The molecule has 4 heteroatoms. The molecule has 4 N–H and O–H groups in total. The van der Waals surface area contributed by atoms with Crippen LogP contribution in [0.15, 0.2) is 34.5 Å². The molecule has 0 saturated heterocycles. The molecule has 0 atom stereocenters. The Morgan fingerprint density at radius 2 is 1.33 bits per heavy atom. The first-order valence-electron chi connectivity index (χ1n) is 3.44. The maximum atomic E-state index is 5.02. The van der Waals surface area contributed by atoms with Gasteiger partial charge in [-0.05, 0) is 0 Å². The van der Waals surface area contributed by atoms with Crippen molar-refractivity contribution in [1.29, 1.82) is 0 Å². The molecular formula is C8H10N4. The highest BCUT2D eigenvalue weighted by atomic mass is 15.1. The second kappa shape index (κ2) is 4.12. The van der Waals surface area contributed by atoms with E-state index < -0.39 is 0 Å². The number of nitrogens with two attached hydrogens (primary N) is 2. The van der Waals surface area contributed by atoms with Crippen molar-refractivity contribution in [3.8, 4) is 0 Å². The lowest BCUT2D eigenvalue weighted by Gasteiger charge is -1.96. The molecule has 0 radical (unpaired) electrons. The third kappa shape index (κ3) is 1.82. The Morgan fingerprint density at radius 3 is 1.67 bits per heavy atom. The van der Waals surface area contributed by atoms with Gasteiger partial charge < -0.3 is 11.7 Å². The number of hydrazone groups is 2. The summed E-state index contributed by atoms with van der Waals surface area (Å²) in [6.45, 7) is 0. The molecule has 62 valence electrons. The van der Waals surface area contributed by atoms with Gasteiger partial charge >= 0.3 is 0 Å². The van der Waals surface area contributed by atoms with E-state index in [0.29, 0.717) is 0 Å². The lowest BCUT2D eigenvalue weighted by molar-refractivity contribution is 1.25. The zero-order valence-corrected chi connectivity index (χ0v) is 6.51. The minimum atomic E-state index is 0.897. The van der Waals surface area contributed by atoms with Crippen molar-refractivity contribution in [2.24, 2.45) is 21.9 Å². The highest BCUT2D eigenvalue weighted by Gasteiger charge is 1.93. The molecule has 0 saturated carbocycles. The van der Waals surface area contributed by atoms with E-state index in [1.54, 1.807) is 12.4 Å². The summed E-state index contributed by atoms with van der Waals surface area (Å²) in [5.41, 5.74) is 1.79. The predicted molar refractivity (Wildman–Crippen MR) is 50.0 cm³/mol. The fraction of sp³-hybridized carbons (Fsp3) is 0. The van der Waals surface area contributed by atoms with Gasteiger partial charge in [0, 0.05) is 11.1 Å². The van der Waals surface area contributed by atoms with Crippen LogP contribution in [0.1, 0.15) is 11.1 Å². The largest absolute Gasteiger partial charge is 0.323 e. The molecule has 0 aliphatic heterocycles. The number of benzene rings is 1. The molecule has 12 heavy (non-hydrogen) atoms. The minimum Gasteiger partial charge on any atom is -0.323 e. The van der Waals surface area contributed by atoms with Crippen molar-refractivity contribution >= 4 is 12.4 Å². The van der Waals surface area contributed by atoms with Crippen LogP contribution in [0.4, 0.5) is 0 Å². The molecule has 0 amide bonds. The lowest BCUT2D eigenvalue weighted by atomic mass is 10.1. The Balaban J connectivity index is 3.08. The topological polar surface area (TPSA) is 76.8 Å². The monoisotopic (exact) mass is 162 g/mol. The van der Waals surface area contributed by atoms with Gasteiger partial charge in [-0.15, -0.1) is 0 Å². The zero-order chi connectivity index (χ0) is 8.81. The Labute approximate surface area is 70.6 Å². The molecule has 0 aromatic heterocycles. The summed E-state index contributed by atoms with van der Waals surface area (Å²) in [5, 5.41) is 6.84. The molecule has 1 aromatic carbocycles. The summed E-state index contributed by atoms with van der Waals surface area (Å²) >= 11 is 0. The Kier molecular flexibility index (Phi) is 2.84. The third-order valence-electron chi connectivity index (χ3n) is 1.42. The quantitative estimate of drug-likeness (QED) is 0.372. The molecule has 0 bridgehead atoms. The summed E-state index contributed by atoms with van der Waals surface area (Å²) < 4.78 is 0. The van der Waals surface area contributed by atoms with Crippen molar-refractivity contribution in [2.45, 2.75) is 0 Å². The smallest absolute Gasteiger partial charge is 0.0544 e. The maximum absolute atomic E-state index is 5.02. The maximum Gasteiger partial charge on any atom is 0.0544 e. The average Bonchev–Trinajstić information content (AvgIpc) is 2.09. The fourth-order valence-corrected chi connectivity index (χ4v) is 0.907. The average molecular weight is 162 g/mol. The Bertz CT molecular complexity index is 273. The molecule has 1 aromatic rings. The number of rotatable bonds is 2. The fourth-order valence-electron chi connectivity index (χ4n) is 0.907. The normalized spacial score (nSPS) is 11.3. The zero-order valence-electron chi connectivity index (χ0n) is 6.51. The van der Waals surface area contributed by atoms with E-state index in [2.05, 4.69) is 10.2 Å². The van der Waals surface area contributed by atoms with Gasteiger partial charge in [0.05, 0.1) is 12.4 Å². The Hall–Kier alpha value is -1.84. The first kappa shape index (κ1) is 8.26. The molecule has 0 aliphatic rings. The molecule has 0 spiro atoms. The van der Waals surface area contributed by atoms with Gasteiger partial charge in [-0.3, -0.25) is 0 Å². The van der Waals surface area contributed by atoms with E-state index in [-0.39, 0.29) is 0 Å². The van der Waals surface area contributed by atoms with E-state index in [1.165, 1.54) is 0 Å². The van der Waals surface area contributed by atoms with Crippen LogP contribution in [0.3, 0.4) is 0 Å². The van der Waals surface area contributed by atoms with E-state index in [4.69, 9.17) is 11.7 Å². The highest BCUT2D eigenvalue weighted by Crippen LogP contribution is 2.02. The molecule has 0 fully saturated rings. The van der Waals surface area contributed by atoms with Crippen LogP contribution in [0.5, 0.6) is 0 Å².